The number of likely N-dealkylation sites (N-methyl/N-ethyl adjacent to an activating group) is 1. The lowest BCUT2D eigenvalue weighted by molar-refractivity contribution is -0.127. The number of amidine groups is 1. The van der Waals surface area contributed by atoms with Crippen LogP contribution in [0, 0.1) is 0 Å². The average molecular weight is 431 g/mol. The summed E-state index contributed by atoms with van der Waals surface area (Å²) in [6.07, 6.45) is 9.04. The minimum Gasteiger partial charge on any atom is -0.336 e. The van der Waals surface area contributed by atoms with Crippen LogP contribution in [-0.2, 0) is 11.2 Å². The fourth-order valence-corrected chi connectivity index (χ4v) is 5.08. The summed E-state index contributed by atoms with van der Waals surface area (Å²) in [5, 5.41) is 3.38. The van der Waals surface area contributed by atoms with Crippen LogP contribution in [0.15, 0.2) is 35.3 Å². The van der Waals surface area contributed by atoms with Crippen molar-refractivity contribution in [3.8, 4) is 0 Å². The van der Waals surface area contributed by atoms with Crippen molar-refractivity contribution in [3.05, 3.63) is 35.9 Å². The van der Waals surface area contributed by atoms with Crippen LogP contribution in [0.3, 0.4) is 0 Å². The van der Waals surface area contributed by atoms with E-state index < -0.39 is 12.2 Å². The number of carbonyl (C=O) groups excluding carboxylic acids is 2. The van der Waals surface area contributed by atoms with Crippen LogP contribution in [0.5, 0.6) is 0 Å². The molecule has 0 aromatic heterocycles. The fraction of sp³-hybridized carbons (Fsp3) is 0.609. The Morgan fingerprint density at radius 3 is 2.53 bits per heavy atom. The number of nitrogens with zero attached hydrogens (tertiary/aromatic N) is 3. The molecule has 0 spiro atoms. The molecule has 7 heteroatoms. The first-order valence-corrected chi connectivity index (χ1v) is 12.2. The van der Waals surface area contributed by atoms with Gasteiger partial charge >= 0.3 is 6.03 Å². The van der Waals surface area contributed by atoms with Gasteiger partial charge in [-0.2, -0.15) is 0 Å². The zero-order valence-electron chi connectivity index (χ0n) is 18.2. The van der Waals surface area contributed by atoms with Gasteiger partial charge in [0.25, 0.3) is 5.91 Å². The van der Waals surface area contributed by atoms with Crippen molar-refractivity contribution in [1.82, 2.24) is 15.1 Å². The number of fused-ring (bicyclic) bond motifs is 1. The third-order valence-corrected chi connectivity index (χ3v) is 6.85. The Morgan fingerprint density at radius 1 is 1.03 bits per heavy atom. The summed E-state index contributed by atoms with van der Waals surface area (Å²) in [4.78, 5) is 33.1. The number of benzene rings is 1. The number of carbonyl (C=O) groups is 2. The Morgan fingerprint density at radius 2 is 1.77 bits per heavy atom. The molecule has 164 valence electrons. The molecule has 0 radical (unpaired) electrons. The number of thioether (sulfide) groups is 1. The lowest BCUT2D eigenvalue weighted by atomic mass is 10.1. The first-order valence-electron chi connectivity index (χ1n) is 11.2. The predicted octanol–water partition coefficient (Wildman–Crippen LogP) is 4.26. The molecule has 0 saturated carbocycles. The topological polar surface area (TPSA) is 65.0 Å². The van der Waals surface area contributed by atoms with Gasteiger partial charge in [0.2, 0.25) is 0 Å². The maximum atomic E-state index is 12.6. The Balaban J connectivity index is 1.58. The lowest BCUT2D eigenvalue weighted by Crippen LogP contribution is -2.63. The summed E-state index contributed by atoms with van der Waals surface area (Å²) >= 11 is 1.73. The van der Waals surface area contributed by atoms with Gasteiger partial charge in [-0.05, 0) is 24.8 Å². The molecular weight excluding hydrogens is 396 g/mol. The Hall–Kier alpha value is -2.02. The highest BCUT2D eigenvalue weighted by molar-refractivity contribution is 8.13. The van der Waals surface area contributed by atoms with Crippen LogP contribution in [0.4, 0.5) is 4.79 Å². The van der Waals surface area contributed by atoms with Gasteiger partial charge < -0.3 is 9.80 Å². The average Bonchev–Trinajstić information content (AvgIpc) is 3.11. The van der Waals surface area contributed by atoms with E-state index in [2.05, 4.69) is 41.4 Å². The summed E-state index contributed by atoms with van der Waals surface area (Å²) in [6, 6.07) is 9.62. The normalized spacial score (nSPS) is 20.9. The highest BCUT2D eigenvalue weighted by Gasteiger charge is 2.48. The number of imide groups is 1. The molecule has 2 heterocycles. The van der Waals surface area contributed by atoms with E-state index in [1.807, 2.05) is 6.07 Å². The summed E-state index contributed by atoms with van der Waals surface area (Å²) < 4.78 is 0. The first kappa shape index (κ1) is 22.7. The smallest absolute Gasteiger partial charge is 0.325 e. The molecule has 1 saturated heterocycles. The summed E-state index contributed by atoms with van der Waals surface area (Å²) in [5.41, 5.74) is 1.30. The second-order valence-corrected chi connectivity index (χ2v) is 9.14. The van der Waals surface area contributed by atoms with Crippen LogP contribution in [0.25, 0.3) is 0 Å². The largest absolute Gasteiger partial charge is 0.336 e. The molecule has 2 atom stereocenters. The van der Waals surface area contributed by atoms with E-state index in [1.165, 1.54) is 37.7 Å². The molecule has 0 bridgehead atoms. The Kier molecular flexibility index (Phi) is 8.61. The van der Waals surface area contributed by atoms with E-state index >= 15 is 0 Å². The van der Waals surface area contributed by atoms with E-state index in [-0.39, 0.29) is 11.9 Å². The maximum Gasteiger partial charge on any atom is 0.325 e. The molecule has 2 unspecified atom stereocenters. The molecule has 1 aromatic rings. The number of rotatable bonds is 11. The van der Waals surface area contributed by atoms with Crippen LogP contribution < -0.4 is 5.32 Å². The minimum absolute atomic E-state index is 0.235. The number of hydrogen-bond donors (Lipinski definition) is 1. The summed E-state index contributed by atoms with van der Waals surface area (Å²) in [6.45, 7) is 2.99. The zero-order valence-corrected chi connectivity index (χ0v) is 19.0. The molecule has 3 rings (SSSR count). The molecule has 1 fully saturated rings. The van der Waals surface area contributed by atoms with E-state index in [9.17, 15) is 9.59 Å². The number of urea groups is 1. The third kappa shape index (κ3) is 5.78. The molecule has 2 aliphatic heterocycles. The van der Waals surface area contributed by atoms with Crippen LogP contribution in [0.2, 0.25) is 0 Å². The summed E-state index contributed by atoms with van der Waals surface area (Å²) in [7, 11) is 1.71. The second-order valence-electron chi connectivity index (χ2n) is 8.07. The van der Waals surface area contributed by atoms with Crippen LogP contribution >= 0.6 is 11.8 Å². The van der Waals surface area contributed by atoms with Crippen LogP contribution in [0.1, 0.15) is 57.4 Å². The molecule has 2 aliphatic rings. The number of unbranched alkanes of at least 4 members (excludes halogenated alkanes) is 5. The summed E-state index contributed by atoms with van der Waals surface area (Å²) in [5.74, 6) is 0.764. The molecule has 6 nitrogen and oxygen atoms in total. The number of nitrogens with one attached hydrogen (secondary N) is 1. The number of aliphatic imine (C=N–C) groups is 1. The van der Waals surface area contributed by atoms with Crippen molar-refractivity contribution in [2.75, 3.05) is 19.3 Å². The second kappa shape index (κ2) is 11.4. The predicted molar refractivity (Wildman–Crippen MR) is 124 cm³/mol. The Bertz CT molecular complexity index is 740. The third-order valence-electron chi connectivity index (χ3n) is 5.76. The van der Waals surface area contributed by atoms with Gasteiger partial charge in [0.05, 0.1) is 0 Å². The number of amides is 3. The highest BCUT2D eigenvalue weighted by atomic mass is 32.2. The van der Waals surface area contributed by atoms with Crippen molar-refractivity contribution in [3.63, 3.8) is 0 Å². The van der Waals surface area contributed by atoms with Crippen LogP contribution in [-0.4, -0.2) is 58.5 Å². The molecule has 0 aliphatic carbocycles. The van der Waals surface area contributed by atoms with E-state index in [0.717, 1.165) is 36.7 Å². The van der Waals surface area contributed by atoms with Crippen molar-refractivity contribution >= 4 is 28.9 Å². The van der Waals surface area contributed by atoms with Gasteiger partial charge in [-0.25, -0.2) is 9.79 Å². The first-order chi connectivity index (χ1) is 14.6. The maximum absolute atomic E-state index is 12.6. The van der Waals surface area contributed by atoms with E-state index in [0.29, 0.717) is 0 Å². The van der Waals surface area contributed by atoms with Gasteiger partial charge in [-0.3, -0.25) is 10.1 Å². The quantitative estimate of drug-likeness (QED) is 0.533. The van der Waals surface area contributed by atoms with Crippen molar-refractivity contribution in [2.45, 2.75) is 70.5 Å². The number of hydrogen-bond acceptors (Lipinski definition) is 5. The van der Waals surface area contributed by atoms with Gasteiger partial charge in [-0.1, -0.05) is 81.1 Å². The lowest BCUT2D eigenvalue weighted by Gasteiger charge is -2.36. The van der Waals surface area contributed by atoms with Gasteiger partial charge in [0, 0.05) is 19.3 Å². The standard InChI is InChI=1S/C23H34N4O2S/c1-3-4-5-6-7-11-17-30-23-24-20-19(21(28)25-22(29)26(20)2)27(23)16-12-15-18-13-9-8-10-14-18/h8-10,13-14,19-20H,3-7,11-12,15-17H2,1-2H3,(H,25,28,29). The van der Waals surface area contributed by atoms with Crippen molar-refractivity contribution in [2.24, 2.45) is 4.99 Å². The van der Waals surface area contributed by atoms with Gasteiger partial charge in [-0.15, -0.1) is 0 Å². The Labute approximate surface area is 184 Å². The van der Waals surface area contributed by atoms with Crippen molar-refractivity contribution < 1.29 is 9.59 Å². The molecule has 1 N–H and O–H groups in total. The zero-order chi connectivity index (χ0) is 21.3. The molecule has 3 amide bonds. The van der Waals surface area contributed by atoms with E-state index in [4.69, 9.17) is 4.99 Å². The van der Waals surface area contributed by atoms with Gasteiger partial charge in [0.1, 0.15) is 0 Å². The monoisotopic (exact) mass is 430 g/mol. The molecular formula is C23H34N4O2S. The van der Waals surface area contributed by atoms with Gasteiger partial charge in [0.15, 0.2) is 17.4 Å². The SMILES string of the molecule is CCCCCCCCSC1=NC2C(C(=O)NC(=O)N2C)N1CCCc1ccccc1. The minimum atomic E-state index is -0.421. The number of aryl methyl sites for hydroxylation is 1. The van der Waals surface area contributed by atoms with Crippen molar-refractivity contribution in [1.29, 1.82) is 0 Å². The van der Waals surface area contributed by atoms with E-state index in [1.54, 1.807) is 23.7 Å². The molecule has 1 aromatic carbocycles. The fourth-order valence-electron chi connectivity index (χ4n) is 4.00. The molecule has 30 heavy (non-hydrogen) atoms. The highest BCUT2D eigenvalue weighted by Crippen LogP contribution is 2.29.